The lowest BCUT2D eigenvalue weighted by Crippen LogP contribution is -2.16. The van der Waals surface area contributed by atoms with Gasteiger partial charge in [0.25, 0.3) is 0 Å². The normalized spacial score (nSPS) is 11.5. The molecule has 0 atom stereocenters. The van der Waals surface area contributed by atoms with Crippen LogP contribution < -0.4 is 5.32 Å². The SMILES string of the molecule is CCCCCCCCCCCCCCCCCCCCCCNCCCCCCCCCCCCCC. The van der Waals surface area contributed by atoms with Gasteiger partial charge in [-0.2, -0.15) is 0 Å². The minimum Gasteiger partial charge on any atom is -0.317 e. The lowest BCUT2D eigenvalue weighted by Gasteiger charge is -2.06. The van der Waals surface area contributed by atoms with Crippen LogP contribution in [0.1, 0.15) is 219 Å². The van der Waals surface area contributed by atoms with Crippen molar-refractivity contribution in [1.82, 2.24) is 5.32 Å². The molecule has 1 heteroatoms. The fraction of sp³-hybridized carbons (Fsp3) is 1.00. The van der Waals surface area contributed by atoms with Gasteiger partial charge in [-0.15, -0.1) is 0 Å². The van der Waals surface area contributed by atoms with Gasteiger partial charge in [-0.1, -0.05) is 206 Å². The lowest BCUT2D eigenvalue weighted by atomic mass is 10.0. The van der Waals surface area contributed by atoms with E-state index in [9.17, 15) is 0 Å². The molecule has 0 saturated carbocycles. The van der Waals surface area contributed by atoms with Crippen LogP contribution in [0.15, 0.2) is 0 Å². The molecular formula is C36H75N. The quantitative estimate of drug-likeness (QED) is 0.0830. The second-order valence-corrected chi connectivity index (χ2v) is 12.4. The molecule has 1 nitrogen and oxygen atoms in total. The van der Waals surface area contributed by atoms with Gasteiger partial charge in [0, 0.05) is 0 Å². The van der Waals surface area contributed by atoms with E-state index in [1.807, 2.05) is 0 Å². The van der Waals surface area contributed by atoms with Crippen molar-refractivity contribution in [2.24, 2.45) is 0 Å². The maximum absolute atomic E-state index is 3.68. The number of rotatable bonds is 34. The Balaban J connectivity index is 3.00. The molecule has 37 heavy (non-hydrogen) atoms. The van der Waals surface area contributed by atoms with Crippen LogP contribution in [-0.4, -0.2) is 13.1 Å². The Morgan fingerprint density at radius 3 is 0.568 bits per heavy atom. The summed E-state index contributed by atoms with van der Waals surface area (Å²) in [5.41, 5.74) is 0. The van der Waals surface area contributed by atoms with Crippen molar-refractivity contribution in [1.29, 1.82) is 0 Å². The summed E-state index contributed by atoms with van der Waals surface area (Å²) >= 11 is 0. The van der Waals surface area contributed by atoms with Gasteiger partial charge in [-0.25, -0.2) is 0 Å². The van der Waals surface area contributed by atoms with Crippen LogP contribution in [0.5, 0.6) is 0 Å². The van der Waals surface area contributed by atoms with Crippen LogP contribution in [0.2, 0.25) is 0 Å². The number of hydrogen-bond donors (Lipinski definition) is 1. The van der Waals surface area contributed by atoms with Crippen molar-refractivity contribution in [3.05, 3.63) is 0 Å². The maximum atomic E-state index is 3.68. The molecule has 0 aliphatic rings. The van der Waals surface area contributed by atoms with Crippen molar-refractivity contribution in [3.63, 3.8) is 0 Å². The van der Waals surface area contributed by atoms with Crippen LogP contribution in [-0.2, 0) is 0 Å². The topological polar surface area (TPSA) is 12.0 Å². The molecule has 0 spiro atoms. The predicted molar refractivity (Wildman–Crippen MR) is 172 cm³/mol. The Morgan fingerprint density at radius 2 is 0.378 bits per heavy atom. The number of hydrogen-bond acceptors (Lipinski definition) is 1. The van der Waals surface area contributed by atoms with Gasteiger partial charge in [0.2, 0.25) is 0 Å². The van der Waals surface area contributed by atoms with Gasteiger partial charge < -0.3 is 5.32 Å². The van der Waals surface area contributed by atoms with Crippen molar-refractivity contribution in [2.75, 3.05) is 13.1 Å². The monoisotopic (exact) mass is 522 g/mol. The van der Waals surface area contributed by atoms with E-state index in [2.05, 4.69) is 19.2 Å². The van der Waals surface area contributed by atoms with Crippen LogP contribution in [0, 0.1) is 0 Å². The molecule has 0 heterocycles. The average Bonchev–Trinajstić information content (AvgIpc) is 2.91. The van der Waals surface area contributed by atoms with Gasteiger partial charge in [-0.3, -0.25) is 0 Å². The summed E-state index contributed by atoms with van der Waals surface area (Å²) in [7, 11) is 0. The molecule has 0 aromatic rings. The fourth-order valence-electron chi connectivity index (χ4n) is 5.72. The minimum absolute atomic E-state index is 1.25. The van der Waals surface area contributed by atoms with Crippen LogP contribution in [0.25, 0.3) is 0 Å². The Bertz CT molecular complexity index is 332. The highest BCUT2D eigenvalue weighted by molar-refractivity contribution is 4.54. The lowest BCUT2D eigenvalue weighted by molar-refractivity contribution is 0.515. The molecule has 224 valence electrons. The van der Waals surface area contributed by atoms with Gasteiger partial charge >= 0.3 is 0 Å². The molecule has 0 rings (SSSR count). The smallest absolute Gasteiger partial charge is 0.00489 e. The molecule has 0 fully saturated rings. The second-order valence-electron chi connectivity index (χ2n) is 12.4. The molecule has 0 radical (unpaired) electrons. The van der Waals surface area contributed by atoms with Crippen LogP contribution in [0.4, 0.5) is 0 Å². The van der Waals surface area contributed by atoms with E-state index in [-0.39, 0.29) is 0 Å². The largest absolute Gasteiger partial charge is 0.317 e. The fourth-order valence-corrected chi connectivity index (χ4v) is 5.72. The minimum atomic E-state index is 1.25. The Kier molecular flexibility index (Phi) is 35.9. The highest BCUT2D eigenvalue weighted by Crippen LogP contribution is 2.15. The Labute approximate surface area is 237 Å². The average molecular weight is 522 g/mol. The summed E-state index contributed by atoms with van der Waals surface area (Å²) in [4.78, 5) is 0. The van der Waals surface area contributed by atoms with E-state index in [1.165, 1.54) is 219 Å². The van der Waals surface area contributed by atoms with E-state index < -0.39 is 0 Å². The second kappa shape index (κ2) is 36.0. The molecule has 0 amide bonds. The summed E-state index contributed by atoms with van der Waals surface area (Å²) in [6.45, 7) is 7.10. The van der Waals surface area contributed by atoms with Gasteiger partial charge in [0.15, 0.2) is 0 Å². The first-order valence-electron chi connectivity index (χ1n) is 18.1. The molecule has 0 aromatic heterocycles. The predicted octanol–water partition coefficient (Wildman–Crippen LogP) is 13.1. The summed E-state index contributed by atoms with van der Waals surface area (Å²) in [6.07, 6.45) is 46.7. The highest BCUT2D eigenvalue weighted by atomic mass is 14.8. The third kappa shape index (κ3) is 36.0. The zero-order valence-corrected chi connectivity index (χ0v) is 26.5. The van der Waals surface area contributed by atoms with Crippen molar-refractivity contribution < 1.29 is 0 Å². The summed E-state index contributed by atoms with van der Waals surface area (Å²) < 4.78 is 0. The Morgan fingerprint density at radius 1 is 0.216 bits per heavy atom. The van der Waals surface area contributed by atoms with Gasteiger partial charge in [0.1, 0.15) is 0 Å². The van der Waals surface area contributed by atoms with E-state index in [0.29, 0.717) is 0 Å². The summed E-state index contributed by atoms with van der Waals surface area (Å²) in [5.74, 6) is 0. The van der Waals surface area contributed by atoms with Crippen molar-refractivity contribution in [3.8, 4) is 0 Å². The molecular weight excluding hydrogens is 446 g/mol. The molecule has 0 bridgehead atoms. The molecule has 1 N–H and O–H groups in total. The van der Waals surface area contributed by atoms with Crippen molar-refractivity contribution >= 4 is 0 Å². The first-order chi connectivity index (χ1) is 18.4. The maximum Gasteiger partial charge on any atom is -0.00489 e. The molecule has 0 saturated heterocycles. The van der Waals surface area contributed by atoms with Gasteiger partial charge in [-0.05, 0) is 25.9 Å². The summed E-state index contributed by atoms with van der Waals surface area (Å²) in [5, 5.41) is 3.68. The first-order valence-corrected chi connectivity index (χ1v) is 18.1. The van der Waals surface area contributed by atoms with Gasteiger partial charge in [0.05, 0.1) is 0 Å². The molecule has 0 aliphatic carbocycles. The third-order valence-electron chi connectivity index (χ3n) is 8.41. The van der Waals surface area contributed by atoms with E-state index in [4.69, 9.17) is 0 Å². The first kappa shape index (κ1) is 37.0. The standard InChI is InChI=1S/C36H75N/c1-3-5-7-9-11-13-15-17-18-19-20-21-22-23-24-26-28-30-32-34-36-37-35-33-31-29-27-25-16-14-12-10-8-6-4-2/h37H,3-36H2,1-2H3. The zero-order valence-electron chi connectivity index (χ0n) is 26.5. The zero-order chi connectivity index (χ0) is 26.7. The summed E-state index contributed by atoms with van der Waals surface area (Å²) in [6, 6.07) is 0. The highest BCUT2D eigenvalue weighted by Gasteiger charge is 1.97. The van der Waals surface area contributed by atoms with E-state index in [1.54, 1.807) is 0 Å². The Hall–Kier alpha value is -0.0400. The van der Waals surface area contributed by atoms with E-state index in [0.717, 1.165) is 0 Å². The van der Waals surface area contributed by atoms with Crippen LogP contribution >= 0.6 is 0 Å². The molecule has 0 aliphatic heterocycles. The number of nitrogens with one attached hydrogen (secondary N) is 1. The van der Waals surface area contributed by atoms with E-state index >= 15 is 0 Å². The molecule has 0 unspecified atom stereocenters. The third-order valence-corrected chi connectivity index (χ3v) is 8.41. The van der Waals surface area contributed by atoms with Crippen LogP contribution in [0.3, 0.4) is 0 Å². The number of unbranched alkanes of at least 4 members (excludes halogenated alkanes) is 30. The molecule has 0 aromatic carbocycles. The van der Waals surface area contributed by atoms with Crippen molar-refractivity contribution in [2.45, 2.75) is 219 Å².